The molecule has 0 saturated carbocycles. The van der Waals surface area contributed by atoms with Crippen LogP contribution in [0.15, 0.2) is 30.6 Å². The summed E-state index contributed by atoms with van der Waals surface area (Å²) in [7, 11) is 0. The molecular weight excluding hydrogens is 224 g/mol. The van der Waals surface area contributed by atoms with Crippen LogP contribution in [0.4, 0.5) is 5.69 Å². The molecule has 1 N–H and O–H groups in total. The number of nitrogens with zero attached hydrogens (tertiary/aromatic N) is 3. The van der Waals surface area contributed by atoms with E-state index in [1.807, 2.05) is 6.33 Å². The number of fused-ring (bicyclic) bond motifs is 1. The first-order valence-electron chi connectivity index (χ1n) is 6.46. The van der Waals surface area contributed by atoms with Crippen LogP contribution in [-0.2, 0) is 13.0 Å². The summed E-state index contributed by atoms with van der Waals surface area (Å²) in [5.74, 6) is 1.64. The van der Waals surface area contributed by atoms with Crippen LogP contribution in [0.5, 0.6) is 0 Å². The Hall–Kier alpha value is -1.84. The lowest BCUT2D eigenvalue weighted by molar-refractivity contribution is 0.496. The Labute approximate surface area is 107 Å². The standard InChI is InChI=1S/C14H18N4/c1-10(2)8-18-9-15-17-14(18)13-7-11-5-3-4-6-12(11)16-13/h3-6,9-10,13,16H,7-8H2,1-2H3. The van der Waals surface area contributed by atoms with Crippen molar-refractivity contribution in [2.45, 2.75) is 32.9 Å². The molecule has 1 atom stereocenters. The SMILES string of the molecule is CC(C)Cn1cnnc1C1Cc2ccccc2N1. The van der Waals surface area contributed by atoms with Gasteiger partial charge in [0.1, 0.15) is 6.33 Å². The highest BCUT2D eigenvalue weighted by molar-refractivity contribution is 5.57. The van der Waals surface area contributed by atoms with Crippen LogP contribution in [0.3, 0.4) is 0 Å². The third-order valence-electron chi connectivity index (χ3n) is 3.29. The fourth-order valence-electron chi connectivity index (χ4n) is 2.52. The molecule has 2 aromatic rings. The molecule has 1 aromatic carbocycles. The number of hydrogen-bond donors (Lipinski definition) is 1. The van der Waals surface area contributed by atoms with Gasteiger partial charge in [0.05, 0.1) is 6.04 Å². The van der Waals surface area contributed by atoms with Crippen molar-refractivity contribution < 1.29 is 0 Å². The Balaban J connectivity index is 1.84. The second-order valence-corrected chi connectivity index (χ2v) is 5.29. The van der Waals surface area contributed by atoms with Crippen LogP contribution < -0.4 is 5.32 Å². The van der Waals surface area contributed by atoms with E-state index in [0.29, 0.717) is 5.92 Å². The summed E-state index contributed by atoms with van der Waals surface area (Å²) < 4.78 is 2.16. The highest BCUT2D eigenvalue weighted by Crippen LogP contribution is 2.32. The normalized spacial score (nSPS) is 17.8. The van der Waals surface area contributed by atoms with Crippen molar-refractivity contribution in [3.05, 3.63) is 42.0 Å². The van der Waals surface area contributed by atoms with Crippen molar-refractivity contribution in [1.82, 2.24) is 14.8 Å². The maximum atomic E-state index is 4.28. The lowest BCUT2D eigenvalue weighted by atomic mass is 10.1. The first-order chi connectivity index (χ1) is 8.74. The zero-order chi connectivity index (χ0) is 12.5. The van der Waals surface area contributed by atoms with Crippen molar-refractivity contribution in [3.8, 4) is 0 Å². The van der Waals surface area contributed by atoms with Gasteiger partial charge in [-0.15, -0.1) is 10.2 Å². The molecule has 1 aliphatic heterocycles. The summed E-state index contributed by atoms with van der Waals surface area (Å²) in [6.45, 7) is 5.39. The second-order valence-electron chi connectivity index (χ2n) is 5.29. The summed E-state index contributed by atoms with van der Waals surface area (Å²) in [6, 6.07) is 8.70. The predicted octanol–water partition coefficient (Wildman–Crippen LogP) is 2.64. The van der Waals surface area contributed by atoms with Gasteiger partial charge in [-0.2, -0.15) is 0 Å². The minimum atomic E-state index is 0.253. The summed E-state index contributed by atoms with van der Waals surface area (Å²) in [4.78, 5) is 0. The van der Waals surface area contributed by atoms with E-state index in [9.17, 15) is 0 Å². The van der Waals surface area contributed by atoms with Gasteiger partial charge in [0.25, 0.3) is 0 Å². The van der Waals surface area contributed by atoms with Gasteiger partial charge in [-0.25, -0.2) is 0 Å². The maximum Gasteiger partial charge on any atom is 0.155 e. The molecular formula is C14H18N4. The van der Waals surface area contributed by atoms with Crippen molar-refractivity contribution in [2.24, 2.45) is 5.92 Å². The molecule has 0 bridgehead atoms. The first kappa shape index (κ1) is 11.3. The number of benzene rings is 1. The number of para-hydroxylation sites is 1. The van der Waals surface area contributed by atoms with Gasteiger partial charge < -0.3 is 9.88 Å². The number of aromatic nitrogens is 3. The van der Waals surface area contributed by atoms with Crippen molar-refractivity contribution in [2.75, 3.05) is 5.32 Å². The lowest BCUT2D eigenvalue weighted by Crippen LogP contribution is -2.15. The van der Waals surface area contributed by atoms with Crippen molar-refractivity contribution in [3.63, 3.8) is 0 Å². The summed E-state index contributed by atoms with van der Waals surface area (Å²) in [5, 5.41) is 11.9. The number of rotatable bonds is 3. The topological polar surface area (TPSA) is 42.7 Å². The molecule has 0 spiro atoms. The first-order valence-corrected chi connectivity index (χ1v) is 6.46. The average molecular weight is 242 g/mol. The van der Waals surface area contributed by atoms with E-state index in [4.69, 9.17) is 0 Å². The quantitative estimate of drug-likeness (QED) is 0.899. The molecule has 2 heterocycles. The zero-order valence-corrected chi connectivity index (χ0v) is 10.8. The lowest BCUT2D eigenvalue weighted by Gasteiger charge is -2.14. The van der Waals surface area contributed by atoms with E-state index in [-0.39, 0.29) is 6.04 Å². The molecule has 0 aliphatic carbocycles. The van der Waals surface area contributed by atoms with Crippen LogP contribution in [-0.4, -0.2) is 14.8 Å². The third kappa shape index (κ3) is 1.98. The highest BCUT2D eigenvalue weighted by Gasteiger charge is 2.25. The minimum Gasteiger partial charge on any atom is -0.375 e. The molecule has 94 valence electrons. The van der Waals surface area contributed by atoms with Crippen LogP contribution in [0.1, 0.15) is 31.3 Å². The minimum absolute atomic E-state index is 0.253. The molecule has 3 rings (SSSR count). The van der Waals surface area contributed by atoms with Crippen LogP contribution in [0.25, 0.3) is 0 Å². The Morgan fingerprint density at radius 2 is 2.22 bits per heavy atom. The summed E-state index contributed by atoms with van der Waals surface area (Å²) >= 11 is 0. The second kappa shape index (κ2) is 4.44. The molecule has 0 radical (unpaired) electrons. The van der Waals surface area contributed by atoms with Gasteiger partial charge >= 0.3 is 0 Å². The van der Waals surface area contributed by atoms with E-state index >= 15 is 0 Å². The molecule has 1 unspecified atom stereocenters. The van der Waals surface area contributed by atoms with E-state index in [1.165, 1.54) is 11.3 Å². The molecule has 1 aromatic heterocycles. The van der Waals surface area contributed by atoms with Gasteiger partial charge in [-0.3, -0.25) is 0 Å². The van der Waals surface area contributed by atoms with E-state index in [2.05, 4.69) is 58.2 Å². The Kier molecular flexibility index (Phi) is 2.78. The maximum absolute atomic E-state index is 4.28. The highest BCUT2D eigenvalue weighted by atomic mass is 15.3. The summed E-state index contributed by atoms with van der Waals surface area (Å²) in [6.07, 6.45) is 2.83. The van der Waals surface area contributed by atoms with Gasteiger partial charge in [0.15, 0.2) is 5.82 Å². The van der Waals surface area contributed by atoms with Crippen LogP contribution in [0.2, 0.25) is 0 Å². The Morgan fingerprint density at radius 3 is 3.00 bits per heavy atom. The monoisotopic (exact) mass is 242 g/mol. The average Bonchev–Trinajstić information content (AvgIpc) is 2.93. The molecule has 4 nitrogen and oxygen atoms in total. The molecule has 0 amide bonds. The van der Waals surface area contributed by atoms with Crippen molar-refractivity contribution >= 4 is 5.69 Å². The Morgan fingerprint density at radius 1 is 1.39 bits per heavy atom. The fourth-order valence-corrected chi connectivity index (χ4v) is 2.52. The van der Waals surface area contributed by atoms with Gasteiger partial charge in [-0.1, -0.05) is 32.0 Å². The number of hydrogen-bond acceptors (Lipinski definition) is 3. The smallest absolute Gasteiger partial charge is 0.155 e. The fraction of sp³-hybridized carbons (Fsp3) is 0.429. The van der Waals surface area contributed by atoms with Gasteiger partial charge in [0.2, 0.25) is 0 Å². The van der Waals surface area contributed by atoms with Crippen LogP contribution >= 0.6 is 0 Å². The molecule has 0 fully saturated rings. The third-order valence-corrected chi connectivity index (χ3v) is 3.29. The predicted molar refractivity (Wildman–Crippen MR) is 71.4 cm³/mol. The van der Waals surface area contributed by atoms with Crippen molar-refractivity contribution in [1.29, 1.82) is 0 Å². The van der Waals surface area contributed by atoms with Gasteiger partial charge in [-0.05, 0) is 17.5 Å². The van der Waals surface area contributed by atoms with E-state index < -0.39 is 0 Å². The molecule has 0 saturated heterocycles. The van der Waals surface area contributed by atoms with Gasteiger partial charge in [0, 0.05) is 18.7 Å². The van der Waals surface area contributed by atoms with E-state index in [1.54, 1.807) is 0 Å². The number of anilines is 1. The molecule has 18 heavy (non-hydrogen) atoms. The largest absolute Gasteiger partial charge is 0.375 e. The van der Waals surface area contributed by atoms with Crippen LogP contribution in [0, 0.1) is 5.92 Å². The Bertz CT molecular complexity index is 519. The summed E-state index contributed by atoms with van der Waals surface area (Å²) in [5.41, 5.74) is 2.59. The molecule has 1 aliphatic rings. The molecule has 4 heteroatoms. The van der Waals surface area contributed by atoms with E-state index in [0.717, 1.165) is 18.8 Å². The number of nitrogens with one attached hydrogen (secondary N) is 1. The zero-order valence-electron chi connectivity index (χ0n) is 10.8.